The minimum atomic E-state index is -0.435. The fourth-order valence-corrected chi connectivity index (χ4v) is 2.03. The summed E-state index contributed by atoms with van der Waals surface area (Å²) in [5, 5.41) is 7.32. The van der Waals surface area contributed by atoms with Gasteiger partial charge in [-0.25, -0.2) is 0 Å². The number of nitriles is 1. The maximum absolute atomic E-state index is 11.8. The van der Waals surface area contributed by atoms with Crippen LogP contribution in [0, 0.1) is 11.3 Å². The summed E-state index contributed by atoms with van der Waals surface area (Å²) in [7, 11) is 0. The first-order valence-electron chi connectivity index (χ1n) is 5.89. The van der Waals surface area contributed by atoms with Crippen molar-refractivity contribution in [1.82, 2.24) is 0 Å². The Labute approximate surface area is 108 Å². The summed E-state index contributed by atoms with van der Waals surface area (Å²) in [6.07, 6.45) is 8.77. The van der Waals surface area contributed by atoms with Crippen molar-refractivity contribution in [3.8, 4) is 6.07 Å². The van der Waals surface area contributed by atoms with Gasteiger partial charge in [-0.3, -0.25) is 4.79 Å². The molecule has 2 nitrogen and oxygen atoms in total. The van der Waals surface area contributed by atoms with Crippen molar-refractivity contribution in [3.63, 3.8) is 0 Å². The van der Waals surface area contributed by atoms with Crippen LogP contribution >= 0.6 is 0 Å². The fraction of sp³-hybridized carbons (Fsp3) is 0.250. The molecule has 0 saturated heterocycles. The third-order valence-electron chi connectivity index (χ3n) is 2.98. The second-order valence-corrected chi connectivity index (χ2v) is 4.11. The molecule has 1 unspecified atom stereocenters. The molecule has 1 atom stereocenters. The summed E-state index contributed by atoms with van der Waals surface area (Å²) in [5.74, 6) is 0.203. The van der Waals surface area contributed by atoms with Crippen LogP contribution in [0.4, 0.5) is 0 Å². The number of nitrogens with zero attached hydrogens (tertiary/aromatic N) is 1. The summed E-state index contributed by atoms with van der Waals surface area (Å²) in [5.41, 5.74) is 0.647. The van der Waals surface area contributed by atoms with Crippen molar-refractivity contribution in [2.75, 3.05) is 0 Å². The number of rotatable bonds is 2. The van der Waals surface area contributed by atoms with Crippen molar-refractivity contribution in [2.45, 2.75) is 25.7 Å². The average molecular weight is 239 g/mol. The maximum atomic E-state index is 11.8. The van der Waals surface area contributed by atoms with Crippen LogP contribution in [0.25, 0.3) is 0 Å². The first kappa shape index (κ1) is 13.9. The zero-order chi connectivity index (χ0) is 13.4. The van der Waals surface area contributed by atoms with E-state index in [0.717, 1.165) is 12.0 Å². The van der Waals surface area contributed by atoms with Gasteiger partial charge in [0.05, 0.1) is 11.5 Å². The molecule has 0 radical (unpaired) electrons. The van der Waals surface area contributed by atoms with E-state index in [0.29, 0.717) is 0 Å². The number of hydrogen-bond acceptors (Lipinski definition) is 2. The monoisotopic (exact) mass is 239 g/mol. The zero-order valence-electron chi connectivity index (χ0n) is 10.8. The molecule has 0 bridgehead atoms. The molecule has 0 amide bonds. The van der Waals surface area contributed by atoms with Gasteiger partial charge in [0.1, 0.15) is 5.78 Å². The minimum Gasteiger partial charge on any atom is -0.299 e. The van der Waals surface area contributed by atoms with Crippen LogP contribution in [0.15, 0.2) is 54.6 Å². The Hall–Kier alpha value is -2.14. The Balaban J connectivity index is 0.000000492. The summed E-state index contributed by atoms with van der Waals surface area (Å²) < 4.78 is 0. The summed E-state index contributed by atoms with van der Waals surface area (Å²) in [6.45, 7) is 3.09. The van der Waals surface area contributed by atoms with Crippen molar-refractivity contribution in [1.29, 1.82) is 5.26 Å². The van der Waals surface area contributed by atoms with Gasteiger partial charge in [-0.15, -0.1) is 0 Å². The Bertz CT molecular complexity index is 494. The number of ketones is 1. The van der Waals surface area contributed by atoms with E-state index >= 15 is 0 Å². The van der Waals surface area contributed by atoms with E-state index in [-0.39, 0.29) is 5.78 Å². The van der Waals surface area contributed by atoms with E-state index in [4.69, 9.17) is 5.26 Å². The van der Waals surface area contributed by atoms with E-state index < -0.39 is 5.41 Å². The van der Waals surface area contributed by atoms with Gasteiger partial charge in [0.2, 0.25) is 0 Å². The Morgan fingerprint density at radius 2 is 1.89 bits per heavy atom. The van der Waals surface area contributed by atoms with Crippen molar-refractivity contribution >= 4 is 5.78 Å². The van der Waals surface area contributed by atoms with Crippen LogP contribution in [-0.4, -0.2) is 5.78 Å². The van der Waals surface area contributed by atoms with Crippen LogP contribution in [0.3, 0.4) is 0 Å². The number of benzene rings is 1. The Kier molecular flexibility index (Phi) is 5.07. The Morgan fingerprint density at radius 3 is 2.33 bits per heavy atom. The molecule has 0 spiro atoms. The van der Waals surface area contributed by atoms with Gasteiger partial charge in [-0.1, -0.05) is 54.6 Å². The molecule has 0 N–H and O–H groups in total. The molecule has 0 saturated carbocycles. The van der Waals surface area contributed by atoms with Gasteiger partial charge in [-0.05, 0) is 18.9 Å². The lowest BCUT2D eigenvalue weighted by molar-refractivity contribution is -0.120. The SMILES string of the molecule is CC#N.CC(=O)C1(c2ccccc2)C=CC=CC1. The van der Waals surface area contributed by atoms with Gasteiger partial charge in [0.15, 0.2) is 0 Å². The van der Waals surface area contributed by atoms with Gasteiger partial charge in [0, 0.05) is 6.92 Å². The number of Topliss-reactive ketones (excluding diaryl/α,β-unsaturated/α-hetero) is 1. The highest BCUT2D eigenvalue weighted by Gasteiger charge is 2.33. The second kappa shape index (κ2) is 6.56. The van der Waals surface area contributed by atoms with Crippen molar-refractivity contribution in [3.05, 3.63) is 60.2 Å². The van der Waals surface area contributed by atoms with Crippen LogP contribution < -0.4 is 0 Å². The molecular formula is C16H17NO. The normalized spacial score (nSPS) is 20.5. The van der Waals surface area contributed by atoms with Crippen LogP contribution in [0.1, 0.15) is 25.8 Å². The number of allylic oxidation sites excluding steroid dienone is 4. The fourth-order valence-electron chi connectivity index (χ4n) is 2.03. The molecule has 0 aliphatic heterocycles. The highest BCUT2D eigenvalue weighted by Crippen LogP contribution is 2.33. The zero-order valence-corrected chi connectivity index (χ0v) is 10.8. The predicted molar refractivity (Wildman–Crippen MR) is 73.0 cm³/mol. The molecule has 2 heteroatoms. The molecule has 0 aromatic heterocycles. The lowest BCUT2D eigenvalue weighted by Crippen LogP contribution is -2.32. The highest BCUT2D eigenvalue weighted by molar-refractivity contribution is 5.91. The molecule has 1 aliphatic carbocycles. The summed E-state index contributed by atoms with van der Waals surface area (Å²) in [6, 6.07) is 11.7. The molecule has 92 valence electrons. The molecule has 0 fully saturated rings. The molecule has 0 heterocycles. The molecule has 1 aromatic rings. The predicted octanol–water partition coefficient (Wildman–Crippen LogP) is 3.56. The summed E-state index contributed by atoms with van der Waals surface area (Å²) in [4.78, 5) is 11.8. The van der Waals surface area contributed by atoms with Crippen LogP contribution in [0.2, 0.25) is 0 Å². The maximum Gasteiger partial charge on any atom is 0.144 e. The topological polar surface area (TPSA) is 40.9 Å². The Morgan fingerprint density at radius 1 is 1.28 bits per heavy atom. The molecule has 1 aliphatic rings. The molecular weight excluding hydrogens is 222 g/mol. The lowest BCUT2D eigenvalue weighted by Gasteiger charge is -2.28. The number of carbonyl (C=O) groups excluding carboxylic acids is 1. The lowest BCUT2D eigenvalue weighted by atomic mass is 9.73. The third-order valence-corrected chi connectivity index (χ3v) is 2.98. The van der Waals surface area contributed by atoms with Crippen LogP contribution in [-0.2, 0) is 10.2 Å². The van der Waals surface area contributed by atoms with Gasteiger partial charge >= 0.3 is 0 Å². The van der Waals surface area contributed by atoms with Gasteiger partial charge in [0.25, 0.3) is 0 Å². The molecule has 1 aromatic carbocycles. The first-order chi connectivity index (χ1) is 8.67. The van der Waals surface area contributed by atoms with E-state index in [2.05, 4.69) is 6.08 Å². The van der Waals surface area contributed by atoms with Crippen molar-refractivity contribution < 1.29 is 4.79 Å². The average Bonchev–Trinajstić information content (AvgIpc) is 2.41. The third kappa shape index (κ3) is 2.95. The van der Waals surface area contributed by atoms with Gasteiger partial charge < -0.3 is 0 Å². The molecule has 18 heavy (non-hydrogen) atoms. The second-order valence-electron chi connectivity index (χ2n) is 4.11. The standard InChI is InChI=1S/C14H14O.C2H3N/c1-12(15)14(10-6-3-7-11-14)13-8-4-2-5-9-13;1-2-3/h2-10H,11H2,1H3;1H3. The first-order valence-corrected chi connectivity index (χ1v) is 5.89. The summed E-state index contributed by atoms with van der Waals surface area (Å²) >= 11 is 0. The van der Waals surface area contributed by atoms with E-state index in [1.807, 2.05) is 48.6 Å². The highest BCUT2D eigenvalue weighted by atomic mass is 16.1. The number of hydrogen-bond donors (Lipinski definition) is 0. The van der Waals surface area contributed by atoms with E-state index in [1.165, 1.54) is 6.92 Å². The minimum absolute atomic E-state index is 0.203. The van der Waals surface area contributed by atoms with Crippen LogP contribution in [0.5, 0.6) is 0 Å². The van der Waals surface area contributed by atoms with Crippen molar-refractivity contribution in [2.24, 2.45) is 0 Å². The largest absolute Gasteiger partial charge is 0.299 e. The quantitative estimate of drug-likeness (QED) is 0.791. The van der Waals surface area contributed by atoms with E-state index in [1.54, 1.807) is 13.0 Å². The molecule has 2 rings (SSSR count). The smallest absolute Gasteiger partial charge is 0.144 e. The van der Waals surface area contributed by atoms with E-state index in [9.17, 15) is 4.79 Å². The van der Waals surface area contributed by atoms with Gasteiger partial charge in [-0.2, -0.15) is 5.26 Å². The number of carbonyl (C=O) groups is 1.